The number of pyridine rings is 1. The van der Waals surface area contributed by atoms with Crippen molar-refractivity contribution in [2.24, 2.45) is 0 Å². The molecule has 71 heavy (non-hydrogen) atoms. The summed E-state index contributed by atoms with van der Waals surface area (Å²) in [5.41, 5.74) is 8.20. The Morgan fingerprint density at radius 1 is 0.859 bits per heavy atom. The van der Waals surface area contributed by atoms with Crippen LogP contribution >= 0.6 is 23.2 Å². The molecule has 0 saturated heterocycles. The van der Waals surface area contributed by atoms with E-state index in [2.05, 4.69) is 57.8 Å². The first-order valence-electron chi connectivity index (χ1n) is 23.4. The van der Waals surface area contributed by atoms with Gasteiger partial charge in [0.15, 0.2) is 5.78 Å². The highest BCUT2D eigenvalue weighted by molar-refractivity contribution is 6.32. The maximum atomic E-state index is 12.9. The SMILES string of the molecule is Cc1c(COc2cc(OCc3cncc(C#N)c3)c(CNC(C)(C)CCOC=O)cc2Cl)cccc1-c1cccc(COc2cc(OCC3=CNCC(C#N)=C3)c(CN(C)C3(C)CCCC3=O)cc2Cl)c1. The standard InChI is InChI=1S/C56H58Cl2N6O7/c1-37-44(35-71-53-22-50(68-33-41-17-39(24-59)26-61-28-41)45(20-48(53)57)30-63-55(2,3)15-16-67-36-65)11-7-12-47(37)43-10-6-9-38(19-43)32-70-52-23-51(69-34-42-18-40(25-60)27-62-29-42)46(21-49(52)58)31-64(5)56(4)14-8-13-54(56)66/h6-7,9-12,17-23,26,28-29,36,62-63H,8,13-16,27,30-35H2,1-5H3. The third kappa shape index (κ3) is 13.5. The smallest absolute Gasteiger partial charge is 0.293 e. The van der Waals surface area contributed by atoms with Crippen molar-refractivity contribution in [2.75, 3.05) is 26.8 Å². The molecular formula is C56H58Cl2N6O7. The fourth-order valence-electron chi connectivity index (χ4n) is 8.54. The van der Waals surface area contributed by atoms with E-state index in [4.69, 9.17) is 46.9 Å². The summed E-state index contributed by atoms with van der Waals surface area (Å²) < 4.78 is 30.5. The molecule has 0 bridgehead atoms. The van der Waals surface area contributed by atoms with E-state index in [1.54, 1.807) is 18.3 Å². The Morgan fingerprint density at radius 3 is 2.30 bits per heavy atom. The number of halogens is 2. The highest BCUT2D eigenvalue weighted by Crippen LogP contribution is 2.39. The van der Waals surface area contributed by atoms with Crippen LogP contribution in [0.3, 0.4) is 0 Å². The van der Waals surface area contributed by atoms with Gasteiger partial charge in [0.25, 0.3) is 6.47 Å². The van der Waals surface area contributed by atoms with Crippen LogP contribution in [0, 0.1) is 29.6 Å². The molecule has 2 heterocycles. The zero-order valence-corrected chi connectivity index (χ0v) is 42.2. The van der Waals surface area contributed by atoms with Crippen molar-refractivity contribution in [3.05, 3.63) is 158 Å². The number of benzene rings is 4. The van der Waals surface area contributed by atoms with Gasteiger partial charge in [0.1, 0.15) is 55.5 Å². The Balaban J connectivity index is 1.07. The molecule has 1 aliphatic heterocycles. The summed E-state index contributed by atoms with van der Waals surface area (Å²) in [5.74, 6) is 2.24. The number of aromatic nitrogens is 1. The molecule has 4 aromatic carbocycles. The van der Waals surface area contributed by atoms with Crippen molar-refractivity contribution in [1.82, 2.24) is 20.5 Å². The molecular weight excluding hydrogens is 940 g/mol. The van der Waals surface area contributed by atoms with Crippen LogP contribution in [0.5, 0.6) is 23.0 Å². The summed E-state index contributed by atoms with van der Waals surface area (Å²) in [6, 6.07) is 27.6. The van der Waals surface area contributed by atoms with Crippen molar-refractivity contribution in [1.29, 1.82) is 10.5 Å². The Hall–Kier alpha value is -6.87. The molecule has 1 aliphatic carbocycles. The van der Waals surface area contributed by atoms with Gasteiger partial charge in [-0.15, -0.1) is 0 Å². The Kier molecular flexibility index (Phi) is 17.4. The van der Waals surface area contributed by atoms with Crippen LogP contribution in [0.4, 0.5) is 0 Å². The number of carbonyl (C=O) groups is 2. The van der Waals surface area contributed by atoms with Gasteiger partial charge in [-0.05, 0) is 112 Å². The molecule has 15 heteroatoms. The van der Waals surface area contributed by atoms with Gasteiger partial charge in [-0.25, -0.2) is 0 Å². The van der Waals surface area contributed by atoms with E-state index in [1.165, 1.54) is 6.20 Å². The Bertz CT molecular complexity index is 2910. The van der Waals surface area contributed by atoms with Gasteiger partial charge in [-0.1, -0.05) is 59.6 Å². The molecule has 2 aliphatic rings. The van der Waals surface area contributed by atoms with Crippen LogP contribution in [0.25, 0.3) is 11.1 Å². The molecule has 368 valence electrons. The van der Waals surface area contributed by atoms with Crippen LogP contribution < -0.4 is 29.6 Å². The third-order valence-corrected chi connectivity index (χ3v) is 13.7. The molecule has 0 spiro atoms. The van der Waals surface area contributed by atoms with Gasteiger partial charge in [0, 0.05) is 90.2 Å². The van der Waals surface area contributed by atoms with Gasteiger partial charge >= 0.3 is 0 Å². The third-order valence-electron chi connectivity index (χ3n) is 13.1. The van der Waals surface area contributed by atoms with Crippen LogP contribution in [0.2, 0.25) is 10.0 Å². The molecule has 2 N–H and O–H groups in total. The van der Waals surface area contributed by atoms with E-state index in [0.29, 0.717) is 83.1 Å². The number of carbonyl (C=O) groups excluding carboxylic acids is 2. The van der Waals surface area contributed by atoms with Gasteiger partial charge in [0.05, 0.1) is 33.8 Å². The van der Waals surface area contributed by atoms with Crippen LogP contribution in [-0.4, -0.2) is 60.0 Å². The maximum absolute atomic E-state index is 12.9. The number of nitrogens with one attached hydrogen (secondary N) is 2. The lowest BCUT2D eigenvalue weighted by molar-refractivity contribution is -0.129. The summed E-state index contributed by atoms with van der Waals surface area (Å²) in [6.07, 6.45) is 9.63. The molecule has 1 atom stereocenters. The summed E-state index contributed by atoms with van der Waals surface area (Å²) in [4.78, 5) is 29.9. The number of ether oxygens (including phenoxy) is 5. The molecule has 1 fully saturated rings. The lowest BCUT2D eigenvalue weighted by atomic mass is 9.95. The molecule has 5 aromatic rings. The van der Waals surface area contributed by atoms with Gasteiger partial charge in [0.2, 0.25) is 0 Å². The van der Waals surface area contributed by atoms with Crippen molar-refractivity contribution >= 4 is 35.5 Å². The largest absolute Gasteiger partial charge is 0.488 e. The predicted octanol–water partition coefficient (Wildman–Crippen LogP) is 10.7. The van der Waals surface area contributed by atoms with Crippen LogP contribution in [-0.2, 0) is 47.2 Å². The number of hydrogen-bond acceptors (Lipinski definition) is 13. The minimum absolute atomic E-state index is 0.162. The number of hydrogen-bond donors (Lipinski definition) is 2. The van der Waals surface area contributed by atoms with Crippen LogP contribution in [0.15, 0.2) is 109 Å². The molecule has 0 radical (unpaired) electrons. The van der Waals surface area contributed by atoms with Gasteiger partial charge in [-0.3, -0.25) is 19.5 Å². The monoisotopic (exact) mass is 996 g/mol. The second kappa shape index (κ2) is 23.8. The number of nitriles is 2. The van der Waals surface area contributed by atoms with E-state index >= 15 is 0 Å². The van der Waals surface area contributed by atoms with Crippen molar-refractivity contribution in [2.45, 2.75) is 97.4 Å². The van der Waals surface area contributed by atoms with E-state index in [9.17, 15) is 20.1 Å². The number of dihydropyridines is 1. The number of likely N-dealkylation sites (N-methyl/N-ethyl adjacent to an activating group) is 1. The first-order valence-corrected chi connectivity index (χ1v) is 24.2. The van der Waals surface area contributed by atoms with Crippen LogP contribution in [0.1, 0.15) is 85.4 Å². The minimum Gasteiger partial charge on any atom is -0.488 e. The first-order chi connectivity index (χ1) is 34.2. The normalized spacial score (nSPS) is 15.5. The summed E-state index contributed by atoms with van der Waals surface area (Å²) in [6.45, 7) is 11.0. The fraction of sp³-hybridized carbons (Fsp3) is 0.339. The second-order valence-electron chi connectivity index (χ2n) is 18.7. The molecule has 1 unspecified atom stereocenters. The van der Waals surface area contributed by atoms with Gasteiger partial charge < -0.3 is 34.3 Å². The molecule has 0 amide bonds. The number of Topliss-reactive ketones (excluding diaryl/α,β-unsaturated/α-hetero) is 1. The predicted molar refractivity (Wildman–Crippen MR) is 273 cm³/mol. The summed E-state index contributed by atoms with van der Waals surface area (Å²) in [5, 5.41) is 26.4. The van der Waals surface area contributed by atoms with Crippen molar-refractivity contribution < 1.29 is 33.3 Å². The average molecular weight is 998 g/mol. The van der Waals surface area contributed by atoms with E-state index < -0.39 is 5.54 Å². The lowest BCUT2D eigenvalue weighted by Crippen LogP contribution is -2.46. The zero-order valence-electron chi connectivity index (χ0n) is 40.7. The molecule has 13 nitrogen and oxygen atoms in total. The quantitative estimate of drug-likeness (QED) is 0.0469. The molecule has 1 saturated carbocycles. The maximum Gasteiger partial charge on any atom is 0.293 e. The van der Waals surface area contributed by atoms with E-state index in [0.717, 1.165) is 62.9 Å². The number of ketones is 1. The van der Waals surface area contributed by atoms with Crippen molar-refractivity contribution in [3.63, 3.8) is 0 Å². The Labute approximate surface area is 425 Å². The minimum atomic E-state index is -0.574. The lowest BCUT2D eigenvalue weighted by Gasteiger charge is -2.34. The summed E-state index contributed by atoms with van der Waals surface area (Å²) >= 11 is 13.8. The summed E-state index contributed by atoms with van der Waals surface area (Å²) in [7, 11) is 1.96. The number of nitrogens with zero attached hydrogens (tertiary/aromatic N) is 4. The van der Waals surface area contributed by atoms with Crippen molar-refractivity contribution in [3.8, 4) is 46.3 Å². The fourth-order valence-corrected chi connectivity index (χ4v) is 9.02. The number of rotatable bonds is 23. The zero-order chi connectivity index (χ0) is 50.5. The van der Waals surface area contributed by atoms with E-state index in [-0.39, 0.29) is 44.4 Å². The first kappa shape index (κ1) is 52.0. The topological polar surface area (TPSA) is 168 Å². The molecule has 1 aromatic heterocycles. The van der Waals surface area contributed by atoms with Gasteiger partial charge in [-0.2, -0.15) is 10.5 Å². The molecule has 7 rings (SSSR count). The Morgan fingerprint density at radius 2 is 1.56 bits per heavy atom. The highest BCUT2D eigenvalue weighted by Gasteiger charge is 2.41. The average Bonchev–Trinajstić information content (AvgIpc) is 3.72. The highest BCUT2D eigenvalue weighted by atomic mass is 35.5. The van der Waals surface area contributed by atoms with E-state index in [1.807, 2.05) is 82.6 Å². The second-order valence-corrected chi connectivity index (χ2v) is 19.5.